The first kappa shape index (κ1) is 24.0. The molecule has 2 fully saturated rings. The van der Waals surface area contributed by atoms with Crippen LogP contribution >= 0.6 is 0 Å². The van der Waals surface area contributed by atoms with Gasteiger partial charge >= 0.3 is 18.1 Å². The fourth-order valence-electron chi connectivity index (χ4n) is 4.26. The Balaban J connectivity index is 1.39. The molecule has 3 rings (SSSR count). The standard InChI is InChI=1S/C23H30O9/c1-29-23(28)32-19-12-6-16(7-13-19)22(27)31-18-10-4-15(5-11-18)21(26)30-17-8-2-14(3-9-17)20(24)25/h6-7,12-15,17-18,21,26H,2-5,8-11H2,1H3,(H,24,25). The lowest BCUT2D eigenvalue weighted by Gasteiger charge is -2.34. The molecule has 9 nitrogen and oxygen atoms in total. The molecule has 0 bridgehead atoms. The van der Waals surface area contributed by atoms with Gasteiger partial charge in [-0.2, -0.15) is 0 Å². The number of carboxylic acid groups (broad SMARTS) is 1. The van der Waals surface area contributed by atoms with Crippen LogP contribution in [0.5, 0.6) is 5.75 Å². The Kier molecular flexibility index (Phi) is 8.46. The summed E-state index contributed by atoms with van der Waals surface area (Å²) in [6, 6.07) is 6.01. The molecule has 0 radical (unpaired) electrons. The van der Waals surface area contributed by atoms with Gasteiger partial charge in [0.05, 0.1) is 24.7 Å². The molecule has 2 N–H and O–H groups in total. The fourth-order valence-corrected chi connectivity index (χ4v) is 4.26. The van der Waals surface area contributed by atoms with Gasteiger partial charge in [-0.05, 0) is 75.6 Å². The average molecular weight is 450 g/mol. The molecule has 0 aliphatic heterocycles. The molecule has 9 heteroatoms. The Morgan fingerprint density at radius 1 is 0.906 bits per heavy atom. The molecule has 0 saturated heterocycles. The minimum Gasteiger partial charge on any atom is -0.481 e. The molecule has 1 aromatic rings. The minimum atomic E-state index is -0.889. The van der Waals surface area contributed by atoms with Crippen molar-refractivity contribution in [3.05, 3.63) is 29.8 Å². The first-order valence-electron chi connectivity index (χ1n) is 11.0. The molecule has 1 atom stereocenters. The largest absolute Gasteiger partial charge is 0.513 e. The van der Waals surface area contributed by atoms with Crippen molar-refractivity contribution in [1.82, 2.24) is 0 Å². The van der Waals surface area contributed by atoms with E-state index in [1.165, 1.54) is 31.4 Å². The molecule has 32 heavy (non-hydrogen) atoms. The highest BCUT2D eigenvalue weighted by Crippen LogP contribution is 2.33. The zero-order valence-corrected chi connectivity index (χ0v) is 18.1. The minimum absolute atomic E-state index is 0.0306. The second-order valence-electron chi connectivity index (χ2n) is 8.36. The van der Waals surface area contributed by atoms with Crippen LogP contribution in [0.15, 0.2) is 24.3 Å². The van der Waals surface area contributed by atoms with Gasteiger partial charge in [-0.1, -0.05) is 0 Å². The lowest BCUT2D eigenvalue weighted by molar-refractivity contribution is -0.183. The SMILES string of the molecule is COC(=O)Oc1ccc(C(=O)OC2CCC(C(O)OC3CCC(C(=O)O)CC3)CC2)cc1. The van der Waals surface area contributed by atoms with Crippen molar-refractivity contribution in [3.63, 3.8) is 0 Å². The van der Waals surface area contributed by atoms with E-state index in [0.29, 0.717) is 56.9 Å². The van der Waals surface area contributed by atoms with Crippen LogP contribution in [0.4, 0.5) is 4.79 Å². The van der Waals surface area contributed by atoms with Gasteiger partial charge in [-0.3, -0.25) is 4.79 Å². The smallest absolute Gasteiger partial charge is 0.481 e. The van der Waals surface area contributed by atoms with Gasteiger partial charge in [0.25, 0.3) is 0 Å². The maximum atomic E-state index is 12.4. The van der Waals surface area contributed by atoms with Gasteiger partial charge in [0.15, 0.2) is 6.29 Å². The van der Waals surface area contributed by atoms with Gasteiger partial charge in [0.1, 0.15) is 11.9 Å². The van der Waals surface area contributed by atoms with Crippen molar-refractivity contribution in [3.8, 4) is 5.75 Å². The third-order valence-corrected chi connectivity index (χ3v) is 6.21. The number of carboxylic acids is 1. The number of rotatable bonds is 7. The number of methoxy groups -OCH3 is 1. The highest BCUT2D eigenvalue weighted by molar-refractivity contribution is 5.89. The average Bonchev–Trinajstić information content (AvgIpc) is 2.80. The van der Waals surface area contributed by atoms with Crippen LogP contribution in [0.2, 0.25) is 0 Å². The Hall–Kier alpha value is -2.65. The highest BCUT2D eigenvalue weighted by Gasteiger charge is 2.32. The second kappa shape index (κ2) is 11.3. The van der Waals surface area contributed by atoms with Gasteiger partial charge in [-0.25, -0.2) is 9.59 Å². The lowest BCUT2D eigenvalue weighted by atomic mass is 9.85. The summed E-state index contributed by atoms with van der Waals surface area (Å²) in [4.78, 5) is 34.5. The Morgan fingerprint density at radius 2 is 1.50 bits per heavy atom. The number of hydrogen-bond donors (Lipinski definition) is 2. The number of aliphatic carboxylic acids is 1. The van der Waals surface area contributed by atoms with Gasteiger partial charge < -0.3 is 29.2 Å². The lowest BCUT2D eigenvalue weighted by Crippen LogP contribution is -2.35. The molecule has 0 aromatic heterocycles. The molecule has 176 valence electrons. The van der Waals surface area contributed by atoms with Crippen LogP contribution in [-0.2, 0) is 19.0 Å². The third kappa shape index (κ3) is 6.67. The van der Waals surface area contributed by atoms with E-state index in [-0.39, 0.29) is 29.8 Å². The monoisotopic (exact) mass is 450 g/mol. The molecule has 2 aliphatic rings. The number of carbonyl (C=O) groups excluding carboxylic acids is 2. The predicted molar refractivity (Wildman–Crippen MR) is 111 cm³/mol. The van der Waals surface area contributed by atoms with Crippen LogP contribution in [0.25, 0.3) is 0 Å². The molecular weight excluding hydrogens is 420 g/mol. The van der Waals surface area contributed by atoms with Gasteiger partial charge in [0, 0.05) is 5.92 Å². The second-order valence-corrected chi connectivity index (χ2v) is 8.36. The molecule has 1 aromatic carbocycles. The van der Waals surface area contributed by atoms with E-state index in [0.717, 1.165) is 0 Å². The van der Waals surface area contributed by atoms with Crippen LogP contribution in [0.3, 0.4) is 0 Å². The number of carbonyl (C=O) groups is 3. The van der Waals surface area contributed by atoms with Crippen LogP contribution in [-0.4, -0.2) is 53.9 Å². The Morgan fingerprint density at radius 3 is 2.06 bits per heavy atom. The maximum Gasteiger partial charge on any atom is 0.513 e. The zero-order chi connectivity index (χ0) is 23.1. The van der Waals surface area contributed by atoms with E-state index in [4.69, 9.17) is 19.3 Å². The van der Waals surface area contributed by atoms with Gasteiger partial charge in [0.2, 0.25) is 0 Å². The van der Waals surface area contributed by atoms with Crippen molar-refractivity contribution >= 4 is 18.1 Å². The van der Waals surface area contributed by atoms with E-state index in [2.05, 4.69) is 4.74 Å². The topological polar surface area (TPSA) is 129 Å². The van der Waals surface area contributed by atoms with Crippen LogP contribution in [0, 0.1) is 11.8 Å². The van der Waals surface area contributed by atoms with Crippen LogP contribution < -0.4 is 4.74 Å². The van der Waals surface area contributed by atoms with E-state index in [9.17, 15) is 19.5 Å². The fraction of sp³-hybridized carbons (Fsp3) is 0.609. The number of aliphatic hydroxyl groups is 1. The summed E-state index contributed by atoms with van der Waals surface area (Å²) >= 11 is 0. The predicted octanol–water partition coefficient (Wildman–Crippen LogP) is 3.53. The van der Waals surface area contributed by atoms with E-state index >= 15 is 0 Å². The molecule has 0 spiro atoms. The number of hydrogen-bond acceptors (Lipinski definition) is 8. The van der Waals surface area contributed by atoms with Crippen molar-refractivity contribution < 1.29 is 43.5 Å². The third-order valence-electron chi connectivity index (χ3n) is 6.21. The summed E-state index contributed by atoms with van der Waals surface area (Å²) in [5.74, 6) is -1.29. The first-order chi connectivity index (χ1) is 15.4. The molecule has 0 heterocycles. The van der Waals surface area contributed by atoms with Gasteiger partial charge in [-0.15, -0.1) is 0 Å². The molecule has 2 saturated carbocycles. The van der Waals surface area contributed by atoms with Crippen molar-refractivity contribution in [2.75, 3.05) is 7.11 Å². The number of benzene rings is 1. The van der Waals surface area contributed by atoms with Crippen molar-refractivity contribution in [1.29, 1.82) is 0 Å². The molecule has 2 aliphatic carbocycles. The van der Waals surface area contributed by atoms with E-state index in [1.807, 2.05) is 0 Å². The summed E-state index contributed by atoms with van der Waals surface area (Å²) in [6.45, 7) is 0. The number of aliphatic hydroxyl groups excluding tert-OH is 1. The van der Waals surface area contributed by atoms with Crippen molar-refractivity contribution in [2.45, 2.75) is 69.9 Å². The maximum absolute atomic E-state index is 12.4. The van der Waals surface area contributed by atoms with Crippen molar-refractivity contribution in [2.24, 2.45) is 11.8 Å². The van der Waals surface area contributed by atoms with E-state index in [1.54, 1.807) is 0 Å². The van der Waals surface area contributed by atoms with Crippen LogP contribution in [0.1, 0.15) is 61.7 Å². The Labute approximate surface area is 186 Å². The summed E-state index contributed by atoms with van der Waals surface area (Å²) in [5, 5.41) is 19.5. The molecule has 0 amide bonds. The summed E-state index contributed by atoms with van der Waals surface area (Å²) in [5.41, 5.74) is 0.352. The number of esters is 1. The zero-order valence-electron chi connectivity index (χ0n) is 18.1. The molecular formula is C23H30O9. The first-order valence-corrected chi connectivity index (χ1v) is 11.0. The highest BCUT2D eigenvalue weighted by atomic mass is 16.7. The summed E-state index contributed by atoms with van der Waals surface area (Å²) in [7, 11) is 1.21. The normalized spacial score (nSPS) is 26.6. The van der Waals surface area contributed by atoms with E-state index < -0.39 is 24.4 Å². The number of ether oxygens (including phenoxy) is 4. The summed E-state index contributed by atoms with van der Waals surface area (Å²) in [6.07, 6.45) is 2.98. The Bertz CT molecular complexity index is 775. The molecule has 1 unspecified atom stereocenters. The quantitative estimate of drug-likeness (QED) is 0.364. The summed E-state index contributed by atoms with van der Waals surface area (Å²) < 4.78 is 20.7.